The lowest BCUT2D eigenvalue weighted by molar-refractivity contribution is 0.0943. The summed E-state index contributed by atoms with van der Waals surface area (Å²) in [5, 5.41) is 3.14. The first kappa shape index (κ1) is 27.0. The average Bonchev–Trinajstić information content (AvgIpc) is 2.92. The first-order valence-corrected chi connectivity index (χ1v) is 13.5. The molecule has 0 saturated carbocycles. The van der Waals surface area contributed by atoms with E-state index < -0.39 is 16.0 Å². The Hall–Kier alpha value is -4.01. The first-order chi connectivity index (χ1) is 18.2. The minimum atomic E-state index is -3.97. The van der Waals surface area contributed by atoms with Gasteiger partial charge in [0.15, 0.2) is 0 Å². The molecule has 0 aliphatic heterocycles. The van der Waals surface area contributed by atoms with Crippen molar-refractivity contribution >= 4 is 21.8 Å². The van der Waals surface area contributed by atoms with Gasteiger partial charge in [-0.15, -0.1) is 0 Å². The highest BCUT2D eigenvalue weighted by atomic mass is 32.2. The van der Waals surface area contributed by atoms with Crippen molar-refractivity contribution in [2.75, 3.05) is 18.4 Å². The lowest BCUT2D eigenvalue weighted by atomic mass is 9.94. The van der Waals surface area contributed by atoms with E-state index in [-0.39, 0.29) is 24.2 Å². The maximum Gasteiger partial charge on any atom is 0.303 e. The summed E-state index contributed by atoms with van der Waals surface area (Å²) in [5.41, 5.74) is 4.00. The van der Waals surface area contributed by atoms with Crippen LogP contribution in [-0.4, -0.2) is 32.7 Å². The molecule has 0 aliphatic rings. The van der Waals surface area contributed by atoms with Crippen LogP contribution in [0.25, 0.3) is 0 Å². The molecule has 1 amide bonds. The zero-order valence-corrected chi connectivity index (χ0v) is 22.3. The van der Waals surface area contributed by atoms with Crippen LogP contribution in [-0.2, 0) is 16.8 Å². The molecule has 0 radical (unpaired) electrons. The predicted molar refractivity (Wildman–Crippen MR) is 149 cm³/mol. The molecule has 8 heteroatoms. The predicted octanol–water partition coefficient (Wildman–Crippen LogP) is 5.47. The minimum Gasteiger partial charge on any atom is -0.341 e. The Morgan fingerprint density at radius 3 is 2.08 bits per heavy atom. The molecule has 1 unspecified atom stereocenters. The summed E-state index contributed by atoms with van der Waals surface area (Å²) in [6.45, 7) is 1.91. The van der Waals surface area contributed by atoms with Crippen LogP contribution in [0.2, 0.25) is 0 Å². The number of aryl methyl sites for hydroxylation is 1. The van der Waals surface area contributed by atoms with Crippen LogP contribution in [0.15, 0.2) is 103 Å². The van der Waals surface area contributed by atoms with Gasteiger partial charge >= 0.3 is 10.2 Å². The van der Waals surface area contributed by atoms with E-state index in [0.717, 1.165) is 25.3 Å². The van der Waals surface area contributed by atoms with Crippen LogP contribution in [0, 0.1) is 12.7 Å². The molecule has 0 aliphatic carbocycles. The summed E-state index contributed by atoms with van der Waals surface area (Å²) in [5.74, 6) is -0.905. The highest BCUT2D eigenvalue weighted by Gasteiger charge is 2.27. The number of anilines is 1. The molecule has 1 atom stereocenters. The maximum absolute atomic E-state index is 14.6. The number of amides is 1. The van der Waals surface area contributed by atoms with Gasteiger partial charge in [0.1, 0.15) is 5.82 Å². The average molecular weight is 532 g/mol. The lowest BCUT2D eigenvalue weighted by Gasteiger charge is -2.28. The van der Waals surface area contributed by atoms with Crippen LogP contribution < -0.4 is 9.62 Å². The second-order valence-electron chi connectivity index (χ2n) is 9.12. The molecule has 38 heavy (non-hydrogen) atoms. The lowest BCUT2D eigenvalue weighted by Crippen LogP contribution is -2.40. The van der Waals surface area contributed by atoms with Gasteiger partial charge in [0.2, 0.25) is 0 Å². The number of carbonyl (C=O) groups is 1. The number of para-hydroxylation sites is 1. The smallest absolute Gasteiger partial charge is 0.303 e. The van der Waals surface area contributed by atoms with E-state index in [1.807, 2.05) is 61.5 Å². The Bertz CT molecular complexity index is 1510. The summed E-state index contributed by atoms with van der Waals surface area (Å²) in [7, 11) is -1.18. The molecular weight excluding hydrogens is 501 g/mol. The Kier molecular flexibility index (Phi) is 8.24. The molecule has 4 aromatic rings. The third kappa shape index (κ3) is 5.93. The van der Waals surface area contributed by atoms with Crippen molar-refractivity contribution < 1.29 is 17.6 Å². The Morgan fingerprint density at radius 1 is 0.842 bits per heavy atom. The van der Waals surface area contributed by atoms with Crippen molar-refractivity contribution in [2.45, 2.75) is 19.5 Å². The summed E-state index contributed by atoms with van der Waals surface area (Å²) in [4.78, 5) is 13.3. The second kappa shape index (κ2) is 11.6. The van der Waals surface area contributed by atoms with Crippen molar-refractivity contribution in [3.8, 4) is 0 Å². The SMILES string of the molecule is Cc1ccccc1C(NC(=O)c1ccc(CN(c2ccccc2F)S(=O)(=O)N(C)C)cc1)c1ccccc1. The van der Waals surface area contributed by atoms with Gasteiger partial charge in [0.05, 0.1) is 18.3 Å². The summed E-state index contributed by atoms with van der Waals surface area (Å²) in [6.07, 6.45) is 0. The number of benzene rings is 4. The van der Waals surface area contributed by atoms with E-state index in [1.165, 1.54) is 32.3 Å². The minimum absolute atomic E-state index is 0.0491. The number of hydrogen-bond acceptors (Lipinski definition) is 3. The Labute approximate surface area is 223 Å². The van der Waals surface area contributed by atoms with Gasteiger partial charge in [0.25, 0.3) is 5.91 Å². The van der Waals surface area contributed by atoms with Crippen molar-refractivity contribution in [2.24, 2.45) is 0 Å². The van der Waals surface area contributed by atoms with Gasteiger partial charge in [-0.25, -0.2) is 4.39 Å². The van der Waals surface area contributed by atoms with Gasteiger partial charge in [-0.1, -0.05) is 78.9 Å². The van der Waals surface area contributed by atoms with E-state index >= 15 is 0 Å². The molecule has 1 N–H and O–H groups in total. The maximum atomic E-state index is 14.6. The first-order valence-electron chi connectivity index (χ1n) is 12.1. The van der Waals surface area contributed by atoms with Crippen LogP contribution in [0.3, 0.4) is 0 Å². The zero-order valence-electron chi connectivity index (χ0n) is 21.5. The van der Waals surface area contributed by atoms with Gasteiger partial charge in [-0.05, 0) is 53.4 Å². The highest BCUT2D eigenvalue weighted by molar-refractivity contribution is 7.90. The molecule has 4 rings (SSSR count). The Balaban J connectivity index is 1.59. The number of hydrogen-bond donors (Lipinski definition) is 1. The van der Waals surface area contributed by atoms with Gasteiger partial charge in [0, 0.05) is 19.7 Å². The summed E-state index contributed by atoms with van der Waals surface area (Å²) in [6, 6.07) is 29.7. The van der Waals surface area contributed by atoms with Crippen LogP contribution >= 0.6 is 0 Å². The van der Waals surface area contributed by atoms with E-state index in [9.17, 15) is 17.6 Å². The summed E-state index contributed by atoms with van der Waals surface area (Å²) >= 11 is 0. The third-order valence-corrected chi connectivity index (χ3v) is 8.12. The molecule has 4 aromatic carbocycles. The van der Waals surface area contributed by atoms with Gasteiger partial charge < -0.3 is 5.32 Å². The van der Waals surface area contributed by atoms with E-state index in [1.54, 1.807) is 30.3 Å². The number of carbonyl (C=O) groups excluding carboxylic acids is 1. The van der Waals surface area contributed by atoms with Crippen LogP contribution in [0.4, 0.5) is 10.1 Å². The molecule has 0 aromatic heterocycles. The number of nitrogens with one attached hydrogen (secondary N) is 1. The fourth-order valence-corrected chi connectivity index (χ4v) is 5.28. The second-order valence-corrected chi connectivity index (χ2v) is 11.2. The fraction of sp³-hybridized carbons (Fsp3) is 0.167. The molecule has 0 bridgehead atoms. The zero-order chi connectivity index (χ0) is 27.3. The fourth-order valence-electron chi connectivity index (χ4n) is 4.18. The van der Waals surface area contributed by atoms with Crippen molar-refractivity contribution in [1.29, 1.82) is 0 Å². The molecule has 0 fully saturated rings. The van der Waals surface area contributed by atoms with Crippen molar-refractivity contribution in [3.63, 3.8) is 0 Å². The molecule has 196 valence electrons. The normalized spacial score (nSPS) is 12.2. The standard InChI is InChI=1S/C30H30FN3O3S/c1-22-11-7-8-14-26(22)29(24-12-5-4-6-13-24)32-30(35)25-19-17-23(18-20-25)21-34(38(36,37)33(2)3)28-16-10-9-15-27(28)31/h4-20,29H,21H2,1-3H3,(H,32,35). The topological polar surface area (TPSA) is 69.7 Å². The van der Waals surface area contributed by atoms with E-state index in [4.69, 9.17) is 0 Å². The quantitative estimate of drug-likeness (QED) is 0.312. The third-order valence-electron chi connectivity index (χ3n) is 6.31. The van der Waals surface area contributed by atoms with Crippen LogP contribution in [0.5, 0.6) is 0 Å². The highest BCUT2D eigenvalue weighted by Crippen LogP contribution is 2.27. The molecule has 0 heterocycles. The van der Waals surface area contributed by atoms with Gasteiger partial charge in [-0.3, -0.25) is 9.10 Å². The van der Waals surface area contributed by atoms with Gasteiger partial charge in [-0.2, -0.15) is 12.7 Å². The number of halogens is 1. The number of rotatable bonds is 9. The summed E-state index contributed by atoms with van der Waals surface area (Å²) < 4.78 is 42.6. The number of nitrogens with zero attached hydrogens (tertiary/aromatic N) is 2. The largest absolute Gasteiger partial charge is 0.341 e. The van der Waals surface area contributed by atoms with E-state index in [2.05, 4.69) is 5.32 Å². The molecular formula is C30H30FN3O3S. The monoisotopic (exact) mass is 531 g/mol. The van der Waals surface area contributed by atoms with Crippen LogP contribution in [0.1, 0.15) is 38.7 Å². The molecule has 0 saturated heterocycles. The Morgan fingerprint density at radius 2 is 1.45 bits per heavy atom. The van der Waals surface area contributed by atoms with Crippen molar-refractivity contribution in [3.05, 3.63) is 137 Å². The van der Waals surface area contributed by atoms with E-state index in [0.29, 0.717) is 11.1 Å². The molecule has 6 nitrogen and oxygen atoms in total. The molecule has 0 spiro atoms. The van der Waals surface area contributed by atoms with Crippen molar-refractivity contribution in [1.82, 2.24) is 9.62 Å².